The van der Waals surface area contributed by atoms with Gasteiger partial charge in [-0.2, -0.15) is 0 Å². The third-order valence-corrected chi connectivity index (χ3v) is 5.48. The van der Waals surface area contributed by atoms with Crippen LogP contribution in [-0.4, -0.2) is 32.0 Å². The van der Waals surface area contributed by atoms with E-state index in [1.54, 1.807) is 18.2 Å². The van der Waals surface area contributed by atoms with Gasteiger partial charge in [0, 0.05) is 48.3 Å². The number of hydrogen-bond donors (Lipinski definition) is 2. The standard InChI is InChI=1S/C25H25ClN4/c26-21-9-11-22(12-10-21)28-25(27)15-8-20-6-13-24(14-7-20)30-18-16-29(17-19-30)23-4-2-1-3-5-23/h1-15H,16-19H2,(H2,27,28)/b15-8+. The van der Waals surface area contributed by atoms with Gasteiger partial charge in [0.15, 0.2) is 0 Å². The molecule has 30 heavy (non-hydrogen) atoms. The fraction of sp³-hybridized carbons (Fsp3) is 0.160. The highest BCUT2D eigenvalue weighted by Crippen LogP contribution is 2.21. The predicted molar refractivity (Wildman–Crippen MR) is 129 cm³/mol. The number of para-hydroxylation sites is 1. The minimum absolute atomic E-state index is 0.332. The van der Waals surface area contributed by atoms with Gasteiger partial charge in [-0.15, -0.1) is 0 Å². The Morgan fingerprint density at radius 1 is 0.767 bits per heavy atom. The second-order valence-electron chi connectivity index (χ2n) is 7.28. The van der Waals surface area contributed by atoms with Gasteiger partial charge < -0.3 is 15.1 Å². The number of amidine groups is 1. The molecule has 0 saturated carbocycles. The van der Waals surface area contributed by atoms with Crippen molar-refractivity contribution in [1.82, 2.24) is 0 Å². The summed E-state index contributed by atoms with van der Waals surface area (Å²) in [5, 5.41) is 11.8. The van der Waals surface area contributed by atoms with Crippen LogP contribution >= 0.6 is 11.6 Å². The van der Waals surface area contributed by atoms with E-state index in [4.69, 9.17) is 17.0 Å². The third kappa shape index (κ3) is 5.22. The SMILES string of the molecule is N=C(/C=C/c1ccc(N2CCN(c3ccccc3)CC2)cc1)Nc1ccc(Cl)cc1. The van der Waals surface area contributed by atoms with Crippen LogP contribution in [0.4, 0.5) is 17.1 Å². The van der Waals surface area contributed by atoms with Crippen LogP contribution in [0.5, 0.6) is 0 Å². The molecule has 3 aromatic rings. The molecule has 0 spiro atoms. The Balaban J connectivity index is 1.30. The maximum absolute atomic E-state index is 8.08. The molecule has 1 aliphatic heterocycles. The maximum atomic E-state index is 8.08. The van der Waals surface area contributed by atoms with E-state index in [1.165, 1.54) is 11.4 Å². The molecule has 1 aliphatic rings. The number of benzene rings is 3. The number of halogens is 1. The zero-order valence-corrected chi connectivity index (χ0v) is 17.5. The first-order chi connectivity index (χ1) is 14.7. The molecule has 0 aromatic heterocycles. The zero-order valence-electron chi connectivity index (χ0n) is 16.8. The average molecular weight is 417 g/mol. The molecule has 1 fully saturated rings. The summed E-state index contributed by atoms with van der Waals surface area (Å²) in [6, 6.07) is 26.5. The molecule has 4 nitrogen and oxygen atoms in total. The highest BCUT2D eigenvalue weighted by atomic mass is 35.5. The number of nitrogens with zero attached hydrogens (tertiary/aromatic N) is 2. The lowest BCUT2D eigenvalue weighted by molar-refractivity contribution is 0.653. The Morgan fingerprint density at radius 2 is 1.33 bits per heavy atom. The topological polar surface area (TPSA) is 42.4 Å². The molecule has 4 rings (SSSR count). The molecular formula is C25H25ClN4. The van der Waals surface area contributed by atoms with E-state index in [0.717, 1.165) is 37.4 Å². The Bertz CT molecular complexity index is 990. The highest BCUT2D eigenvalue weighted by molar-refractivity contribution is 6.30. The monoisotopic (exact) mass is 416 g/mol. The first-order valence-corrected chi connectivity index (χ1v) is 10.5. The number of nitrogens with one attached hydrogen (secondary N) is 2. The Kier molecular flexibility index (Phi) is 6.35. The van der Waals surface area contributed by atoms with Crippen molar-refractivity contribution >= 4 is 40.6 Å². The van der Waals surface area contributed by atoms with E-state index in [-0.39, 0.29) is 0 Å². The summed E-state index contributed by atoms with van der Waals surface area (Å²) in [4.78, 5) is 4.87. The van der Waals surface area contributed by atoms with Crippen molar-refractivity contribution in [3.8, 4) is 0 Å². The number of piperazine rings is 1. The van der Waals surface area contributed by atoms with Crippen molar-refractivity contribution in [3.63, 3.8) is 0 Å². The summed E-state index contributed by atoms with van der Waals surface area (Å²) in [5.74, 6) is 0.332. The lowest BCUT2D eigenvalue weighted by Gasteiger charge is -2.37. The first kappa shape index (κ1) is 20.0. The molecule has 2 N–H and O–H groups in total. The molecule has 0 radical (unpaired) electrons. The van der Waals surface area contributed by atoms with Crippen molar-refractivity contribution in [3.05, 3.63) is 95.5 Å². The Morgan fingerprint density at radius 3 is 1.93 bits per heavy atom. The molecule has 0 unspecified atom stereocenters. The van der Waals surface area contributed by atoms with Crippen LogP contribution < -0.4 is 15.1 Å². The molecule has 5 heteroatoms. The lowest BCUT2D eigenvalue weighted by atomic mass is 10.1. The molecule has 0 atom stereocenters. The van der Waals surface area contributed by atoms with Gasteiger partial charge in [-0.1, -0.05) is 48.0 Å². The van der Waals surface area contributed by atoms with Crippen LogP contribution in [0.1, 0.15) is 5.56 Å². The summed E-state index contributed by atoms with van der Waals surface area (Å²) < 4.78 is 0. The van der Waals surface area contributed by atoms with Crippen molar-refractivity contribution in [2.45, 2.75) is 0 Å². The van der Waals surface area contributed by atoms with Crippen LogP contribution in [0.25, 0.3) is 6.08 Å². The number of rotatable bonds is 5. The fourth-order valence-corrected chi connectivity index (χ4v) is 3.69. The Hall–Kier alpha value is -3.24. The van der Waals surface area contributed by atoms with Crippen LogP contribution in [0.3, 0.4) is 0 Å². The fourth-order valence-electron chi connectivity index (χ4n) is 3.57. The van der Waals surface area contributed by atoms with Crippen molar-refractivity contribution in [1.29, 1.82) is 5.41 Å². The van der Waals surface area contributed by atoms with Crippen LogP contribution in [-0.2, 0) is 0 Å². The maximum Gasteiger partial charge on any atom is 0.122 e. The minimum atomic E-state index is 0.332. The van der Waals surface area contributed by atoms with E-state index in [1.807, 2.05) is 18.2 Å². The number of hydrogen-bond acceptors (Lipinski definition) is 3. The van der Waals surface area contributed by atoms with Crippen molar-refractivity contribution in [2.24, 2.45) is 0 Å². The molecule has 0 bridgehead atoms. The van der Waals surface area contributed by atoms with Crippen LogP contribution in [0, 0.1) is 5.41 Å². The molecule has 0 aliphatic carbocycles. The van der Waals surface area contributed by atoms with Gasteiger partial charge >= 0.3 is 0 Å². The lowest BCUT2D eigenvalue weighted by Crippen LogP contribution is -2.46. The summed E-state index contributed by atoms with van der Waals surface area (Å²) >= 11 is 5.89. The minimum Gasteiger partial charge on any atom is -0.368 e. The predicted octanol–water partition coefficient (Wildman–Crippen LogP) is 5.77. The second kappa shape index (κ2) is 9.51. The van der Waals surface area contributed by atoms with Crippen LogP contribution in [0.15, 0.2) is 84.9 Å². The molecular weight excluding hydrogens is 392 g/mol. The van der Waals surface area contributed by atoms with E-state index in [0.29, 0.717) is 10.9 Å². The quantitative estimate of drug-likeness (QED) is 0.410. The van der Waals surface area contributed by atoms with Gasteiger partial charge in [-0.05, 0) is 60.2 Å². The van der Waals surface area contributed by atoms with Crippen molar-refractivity contribution < 1.29 is 0 Å². The zero-order chi connectivity index (χ0) is 20.8. The van der Waals surface area contributed by atoms with E-state index in [9.17, 15) is 0 Å². The van der Waals surface area contributed by atoms with Gasteiger partial charge in [-0.25, -0.2) is 0 Å². The largest absolute Gasteiger partial charge is 0.368 e. The normalized spacial score (nSPS) is 14.2. The average Bonchev–Trinajstić information content (AvgIpc) is 2.80. The highest BCUT2D eigenvalue weighted by Gasteiger charge is 2.17. The second-order valence-corrected chi connectivity index (χ2v) is 7.72. The van der Waals surface area contributed by atoms with Gasteiger partial charge in [-0.3, -0.25) is 5.41 Å². The van der Waals surface area contributed by atoms with Crippen molar-refractivity contribution in [2.75, 3.05) is 41.3 Å². The van der Waals surface area contributed by atoms with Gasteiger partial charge in [0.05, 0.1) is 0 Å². The molecule has 0 amide bonds. The van der Waals surface area contributed by atoms with E-state index in [2.05, 4.69) is 69.7 Å². The molecule has 1 saturated heterocycles. The Labute approximate surface area is 182 Å². The molecule has 1 heterocycles. The molecule has 152 valence electrons. The van der Waals surface area contributed by atoms with Gasteiger partial charge in [0.1, 0.15) is 5.84 Å². The summed E-state index contributed by atoms with van der Waals surface area (Å²) in [5.41, 5.74) is 4.46. The van der Waals surface area contributed by atoms with Gasteiger partial charge in [0.25, 0.3) is 0 Å². The van der Waals surface area contributed by atoms with Crippen LogP contribution in [0.2, 0.25) is 5.02 Å². The van der Waals surface area contributed by atoms with E-state index < -0.39 is 0 Å². The summed E-state index contributed by atoms with van der Waals surface area (Å²) in [6.45, 7) is 4.08. The van der Waals surface area contributed by atoms with Gasteiger partial charge in [0.2, 0.25) is 0 Å². The van der Waals surface area contributed by atoms with E-state index >= 15 is 0 Å². The smallest absolute Gasteiger partial charge is 0.122 e. The first-order valence-electron chi connectivity index (χ1n) is 10.1. The third-order valence-electron chi connectivity index (χ3n) is 5.22. The summed E-state index contributed by atoms with van der Waals surface area (Å²) in [6.07, 6.45) is 3.71. The molecule has 3 aromatic carbocycles. The summed E-state index contributed by atoms with van der Waals surface area (Å²) in [7, 11) is 0. The number of anilines is 3.